The molecule has 0 atom stereocenters. The Morgan fingerprint density at radius 1 is 1.36 bits per heavy atom. The van der Waals surface area contributed by atoms with Crippen molar-refractivity contribution in [3.8, 4) is 0 Å². The van der Waals surface area contributed by atoms with Gasteiger partial charge in [-0.05, 0) is 17.3 Å². The first-order valence-corrected chi connectivity index (χ1v) is 2.71. The number of hydrogen-bond donors (Lipinski definition) is 2. The summed E-state index contributed by atoms with van der Waals surface area (Å²) >= 11 is 0. The van der Waals surface area contributed by atoms with Crippen LogP contribution >= 0.6 is 0 Å². The van der Waals surface area contributed by atoms with E-state index in [4.69, 9.17) is 5.21 Å². The molecule has 1 aromatic rings. The van der Waals surface area contributed by atoms with Crippen molar-refractivity contribution in [3.63, 3.8) is 0 Å². The molecule has 5 heteroatoms. The van der Waals surface area contributed by atoms with Gasteiger partial charge in [0.25, 0.3) is 0 Å². The molecule has 0 saturated carbocycles. The average molecular weight is 194 g/mol. The molecule has 0 amide bonds. The molecule has 0 heterocycles. The fourth-order valence-corrected chi connectivity index (χ4v) is 0.648. The Hall–Kier alpha value is -0.901. The van der Waals surface area contributed by atoms with Crippen LogP contribution in [0.3, 0.4) is 0 Å². The summed E-state index contributed by atoms with van der Waals surface area (Å²) in [6.07, 6.45) is 0. The van der Waals surface area contributed by atoms with E-state index < -0.39 is 0 Å². The summed E-state index contributed by atoms with van der Waals surface area (Å²) in [6, 6.07) is 6.41. The SMILES string of the molecule is O=Nc1ccccc1NO.[Fe]. The molecule has 0 radical (unpaired) electrons. The smallest absolute Gasteiger partial charge is 0.133 e. The predicted molar refractivity (Wildman–Crippen MR) is 37.3 cm³/mol. The molecule has 0 fully saturated rings. The van der Waals surface area contributed by atoms with Crippen LogP contribution in [0.1, 0.15) is 0 Å². The number of para-hydroxylation sites is 1. The Kier molecular flexibility index (Phi) is 4.45. The van der Waals surface area contributed by atoms with Gasteiger partial charge < -0.3 is 0 Å². The maximum Gasteiger partial charge on any atom is 0.133 e. The summed E-state index contributed by atoms with van der Waals surface area (Å²) in [5, 5.41) is 11.1. The molecule has 1 aromatic carbocycles. The third-order valence-electron chi connectivity index (χ3n) is 1.12. The third kappa shape index (κ3) is 2.31. The summed E-state index contributed by atoms with van der Waals surface area (Å²) in [7, 11) is 0. The van der Waals surface area contributed by atoms with Gasteiger partial charge in [0, 0.05) is 17.1 Å². The maximum absolute atomic E-state index is 9.99. The summed E-state index contributed by atoms with van der Waals surface area (Å²) in [4.78, 5) is 9.99. The van der Waals surface area contributed by atoms with E-state index >= 15 is 0 Å². The van der Waals surface area contributed by atoms with Crippen molar-refractivity contribution >= 4 is 11.4 Å². The minimum absolute atomic E-state index is 0. The first-order chi connectivity index (χ1) is 4.88. The average Bonchev–Trinajstić information content (AvgIpc) is 2.04. The van der Waals surface area contributed by atoms with Crippen molar-refractivity contribution in [2.24, 2.45) is 5.18 Å². The topological polar surface area (TPSA) is 61.7 Å². The van der Waals surface area contributed by atoms with Gasteiger partial charge in [0.05, 0.1) is 5.69 Å². The number of nitrogens with one attached hydrogen (secondary N) is 1. The van der Waals surface area contributed by atoms with Gasteiger partial charge in [0.15, 0.2) is 0 Å². The van der Waals surface area contributed by atoms with Gasteiger partial charge in [-0.1, -0.05) is 12.1 Å². The molecule has 0 aliphatic carbocycles. The molecule has 2 N–H and O–H groups in total. The van der Waals surface area contributed by atoms with E-state index in [0.29, 0.717) is 5.69 Å². The van der Waals surface area contributed by atoms with Crippen molar-refractivity contribution in [1.82, 2.24) is 0 Å². The van der Waals surface area contributed by atoms with Crippen LogP contribution in [0.2, 0.25) is 0 Å². The first-order valence-electron chi connectivity index (χ1n) is 2.71. The van der Waals surface area contributed by atoms with E-state index in [1.807, 2.05) is 5.48 Å². The molecular formula is C6H6FeN2O2. The minimum atomic E-state index is 0. The number of benzene rings is 1. The van der Waals surface area contributed by atoms with Crippen LogP contribution < -0.4 is 5.48 Å². The zero-order valence-electron chi connectivity index (χ0n) is 5.47. The molecule has 0 aliphatic rings. The molecule has 60 valence electrons. The fraction of sp³-hybridized carbons (Fsp3) is 0. The van der Waals surface area contributed by atoms with E-state index in [0.717, 1.165) is 0 Å². The van der Waals surface area contributed by atoms with Crippen molar-refractivity contribution in [1.29, 1.82) is 0 Å². The second-order valence-corrected chi connectivity index (χ2v) is 1.72. The Balaban J connectivity index is 0.000001000. The van der Waals surface area contributed by atoms with E-state index in [-0.39, 0.29) is 22.8 Å². The van der Waals surface area contributed by atoms with Gasteiger partial charge in [0.1, 0.15) is 5.69 Å². The van der Waals surface area contributed by atoms with Gasteiger partial charge in [-0.15, -0.1) is 4.91 Å². The molecule has 4 nitrogen and oxygen atoms in total. The van der Waals surface area contributed by atoms with Crippen molar-refractivity contribution in [2.45, 2.75) is 0 Å². The Morgan fingerprint density at radius 2 is 2.00 bits per heavy atom. The van der Waals surface area contributed by atoms with E-state index in [2.05, 4.69) is 5.18 Å². The minimum Gasteiger partial charge on any atom is -0.291 e. The van der Waals surface area contributed by atoms with Gasteiger partial charge in [-0.3, -0.25) is 10.7 Å². The van der Waals surface area contributed by atoms with Crippen LogP contribution in [0.4, 0.5) is 11.4 Å². The van der Waals surface area contributed by atoms with Gasteiger partial charge in [-0.25, -0.2) is 0 Å². The van der Waals surface area contributed by atoms with Crippen LogP contribution in [0.25, 0.3) is 0 Å². The molecule has 0 aromatic heterocycles. The fourth-order valence-electron chi connectivity index (χ4n) is 0.648. The van der Waals surface area contributed by atoms with Crippen LogP contribution in [0, 0.1) is 4.91 Å². The Labute approximate surface area is 74.0 Å². The predicted octanol–water partition coefficient (Wildman–Crippen LogP) is 1.88. The number of nitroso groups, excluding NO2 is 1. The largest absolute Gasteiger partial charge is 0.291 e. The van der Waals surface area contributed by atoms with Gasteiger partial charge in [-0.2, -0.15) is 0 Å². The summed E-state index contributed by atoms with van der Waals surface area (Å²) < 4.78 is 0. The van der Waals surface area contributed by atoms with Crippen LogP contribution in [-0.2, 0) is 17.1 Å². The Bertz CT molecular complexity index is 242. The van der Waals surface area contributed by atoms with Crippen LogP contribution in [-0.4, -0.2) is 5.21 Å². The molecule has 0 spiro atoms. The van der Waals surface area contributed by atoms with E-state index in [1.165, 1.54) is 6.07 Å². The standard InChI is InChI=1S/C6H6N2O2.Fe/c9-7-5-3-1-2-4-6(5)8-10;/h1-4,7,9H;. The van der Waals surface area contributed by atoms with Crippen LogP contribution in [0.5, 0.6) is 0 Å². The maximum atomic E-state index is 9.99. The van der Waals surface area contributed by atoms with Crippen molar-refractivity contribution in [3.05, 3.63) is 29.2 Å². The zero-order chi connectivity index (χ0) is 7.40. The molecule has 11 heavy (non-hydrogen) atoms. The quantitative estimate of drug-likeness (QED) is 0.429. The van der Waals surface area contributed by atoms with Gasteiger partial charge in [0.2, 0.25) is 0 Å². The summed E-state index contributed by atoms with van der Waals surface area (Å²) in [5.41, 5.74) is 2.37. The Morgan fingerprint density at radius 3 is 2.45 bits per heavy atom. The molecule has 0 bridgehead atoms. The second kappa shape index (κ2) is 4.85. The molecule has 0 aliphatic heterocycles. The van der Waals surface area contributed by atoms with E-state index in [1.54, 1.807) is 18.2 Å². The monoisotopic (exact) mass is 194 g/mol. The normalized spacial score (nSPS) is 8.09. The molecule has 0 unspecified atom stereocenters. The summed E-state index contributed by atoms with van der Waals surface area (Å²) in [6.45, 7) is 0. The van der Waals surface area contributed by atoms with Crippen molar-refractivity contribution in [2.75, 3.05) is 5.48 Å². The summed E-state index contributed by atoms with van der Waals surface area (Å²) in [5.74, 6) is 0. The third-order valence-corrected chi connectivity index (χ3v) is 1.12. The molecule has 1 rings (SSSR count). The van der Waals surface area contributed by atoms with Gasteiger partial charge >= 0.3 is 0 Å². The number of nitrogens with zero attached hydrogens (tertiary/aromatic N) is 1. The molecular weight excluding hydrogens is 188 g/mol. The second-order valence-electron chi connectivity index (χ2n) is 1.72. The number of rotatable bonds is 2. The number of anilines is 1. The zero-order valence-corrected chi connectivity index (χ0v) is 6.57. The molecule has 0 saturated heterocycles. The first kappa shape index (κ1) is 10.1. The van der Waals surface area contributed by atoms with E-state index in [9.17, 15) is 4.91 Å². The van der Waals surface area contributed by atoms with Crippen molar-refractivity contribution < 1.29 is 22.3 Å². The number of hydrogen-bond acceptors (Lipinski definition) is 4. The van der Waals surface area contributed by atoms with Crippen LogP contribution in [0.15, 0.2) is 29.4 Å².